The van der Waals surface area contributed by atoms with Crippen molar-refractivity contribution < 1.29 is 0 Å². The maximum atomic E-state index is 5.83. The van der Waals surface area contributed by atoms with Gasteiger partial charge < -0.3 is 10.6 Å². The molecule has 0 bridgehead atoms. The van der Waals surface area contributed by atoms with Gasteiger partial charge in [-0.05, 0) is 18.8 Å². The topological polar surface area (TPSA) is 55.0 Å². The van der Waals surface area contributed by atoms with Crippen LogP contribution in [0.5, 0.6) is 0 Å². The Morgan fingerprint density at radius 2 is 2.26 bits per heavy atom. The normalized spacial score (nSPS) is 14.5. The van der Waals surface area contributed by atoms with E-state index < -0.39 is 0 Å². The molecule has 1 aromatic rings. The molecule has 1 aromatic heterocycles. The van der Waals surface area contributed by atoms with Gasteiger partial charge >= 0.3 is 0 Å². The highest BCUT2D eigenvalue weighted by molar-refractivity contribution is 5.50. The first-order valence-electron chi connectivity index (χ1n) is 6.90. The number of rotatable bonds is 6. The second-order valence-corrected chi connectivity index (χ2v) is 5.45. The van der Waals surface area contributed by atoms with Crippen LogP contribution in [0, 0.1) is 18.3 Å². The van der Waals surface area contributed by atoms with Crippen LogP contribution in [-0.4, -0.2) is 23.1 Å². The summed E-state index contributed by atoms with van der Waals surface area (Å²) in [5, 5.41) is 0. The first-order valence-corrected chi connectivity index (χ1v) is 6.90. The molecule has 1 saturated carbocycles. The summed E-state index contributed by atoms with van der Waals surface area (Å²) in [5.41, 5.74) is 7.73. The Balaban J connectivity index is 2.26. The third kappa shape index (κ3) is 3.45. The zero-order valence-electron chi connectivity index (χ0n) is 11.8. The lowest BCUT2D eigenvalue weighted by atomic mass is 10.2. The summed E-state index contributed by atoms with van der Waals surface area (Å²) in [4.78, 5) is 11.2. The first kappa shape index (κ1) is 13.8. The SMILES string of the molecule is C#CCN(CC1CC1)c1cnc(C(C)C)nc1CN. The van der Waals surface area contributed by atoms with Crippen LogP contribution in [0.15, 0.2) is 6.20 Å². The Bertz CT molecular complexity index is 472. The molecule has 19 heavy (non-hydrogen) atoms. The zero-order chi connectivity index (χ0) is 13.8. The summed E-state index contributed by atoms with van der Waals surface area (Å²) in [6.07, 6.45) is 9.94. The van der Waals surface area contributed by atoms with E-state index in [2.05, 4.69) is 34.6 Å². The molecule has 1 heterocycles. The zero-order valence-corrected chi connectivity index (χ0v) is 11.8. The van der Waals surface area contributed by atoms with Gasteiger partial charge in [-0.25, -0.2) is 9.97 Å². The number of terminal acetylenes is 1. The van der Waals surface area contributed by atoms with Crippen molar-refractivity contribution in [3.63, 3.8) is 0 Å². The van der Waals surface area contributed by atoms with Gasteiger partial charge in [0, 0.05) is 19.0 Å². The summed E-state index contributed by atoms with van der Waals surface area (Å²) >= 11 is 0. The Morgan fingerprint density at radius 3 is 2.79 bits per heavy atom. The minimum absolute atomic E-state index is 0.309. The van der Waals surface area contributed by atoms with Crippen molar-refractivity contribution in [2.45, 2.75) is 39.2 Å². The van der Waals surface area contributed by atoms with E-state index in [1.165, 1.54) is 12.8 Å². The van der Waals surface area contributed by atoms with Gasteiger partial charge in [-0.1, -0.05) is 19.8 Å². The molecule has 0 atom stereocenters. The Labute approximate surface area is 115 Å². The van der Waals surface area contributed by atoms with Gasteiger partial charge in [0.15, 0.2) is 0 Å². The number of hydrogen-bond acceptors (Lipinski definition) is 4. The Hall–Kier alpha value is -1.60. The van der Waals surface area contributed by atoms with Gasteiger partial charge in [0.1, 0.15) is 5.82 Å². The summed E-state index contributed by atoms with van der Waals surface area (Å²) in [7, 11) is 0. The molecule has 1 fully saturated rings. The Morgan fingerprint density at radius 1 is 1.53 bits per heavy atom. The summed E-state index contributed by atoms with van der Waals surface area (Å²) in [6, 6.07) is 0. The molecular formula is C15H22N4. The van der Waals surface area contributed by atoms with Crippen LogP contribution in [0.1, 0.15) is 44.1 Å². The van der Waals surface area contributed by atoms with Crippen LogP contribution in [0.3, 0.4) is 0 Å². The predicted octanol–water partition coefficient (Wildman–Crippen LogP) is 1.91. The van der Waals surface area contributed by atoms with Crippen molar-refractivity contribution in [2.24, 2.45) is 11.7 Å². The molecule has 1 aliphatic carbocycles. The maximum absolute atomic E-state index is 5.83. The van der Waals surface area contributed by atoms with E-state index >= 15 is 0 Å². The molecule has 0 unspecified atom stereocenters. The molecule has 1 aliphatic rings. The monoisotopic (exact) mass is 258 g/mol. The molecule has 0 aromatic carbocycles. The van der Waals surface area contributed by atoms with Crippen LogP contribution in [-0.2, 0) is 6.54 Å². The molecule has 0 aliphatic heterocycles. The molecule has 0 saturated heterocycles. The molecule has 0 spiro atoms. The molecular weight excluding hydrogens is 236 g/mol. The van der Waals surface area contributed by atoms with Crippen molar-refractivity contribution in [3.05, 3.63) is 17.7 Å². The summed E-state index contributed by atoms with van der Waals surface area (Å²) in [6.45, 7) is 6.16. The van der Waals surface area contributed by atoms with Gasteiger partial charge in [0.25, 0.3) is 0 Å². The molecule has 4 nitrogen and oxygen atoms in total. The van der Waals surface area contributed by atoms with E-state index in [-0.39, 0.29) is 0 Å². The van der Waals surface area contributed by atoms with Crippen LogP contribution in [0.25, 0.3) is 0 Å². The van der Waals surface area contributed by atoms with Crippen LogP contribution in [0.4, 0.5) is 5.69 Å². The van der Waals surface area contributed by atoms with E-state index in [4.69, 9.17) is 12.2 Å². The van der Waals surface area contributed by atoms with Gasteiger partial charge in [0.05, 0.1) is 24.1 Å². The highest BCUT2D eigenvalue weighted by atomic mass is 15.2. The lowest BCUT2D eigenvalue weighted by Gasteiger charge is -2.24. The van der Waals surface area contributed by atoms with E-state index in [9.17, 15) is 0 Å². The molecule has 102 valence electrons. The molecule has 2 rings (SSSR count). The van der Waals surface area contributed by atoms with Gasteiger partial charge in [-0.3, -0.25) is 0 Å². The maximum Gasteiger partial charge on any atom is 0.131 e. The smallest absolute Gasteiger partial charge is 0.131 e. The van der Waals surface area contributed by atoms with Crippen molar-refractivity contribution >= 4 is 5.69 Å². The van der Waals surface area contributed by atoms with E-state index in [0.29, 0.717) is 19.0 Å². The van der Waals surface area contributed by atoms with Crippen molar-refractivity contribution in [1.82, 2.24) is 9.97 Å². The highest BCUT2D eigenvalue weighted by Crippen LogP contribution is 2.32. The number of nitrogens with two attached hydrogens (primary N) is 1. The Kier molecular flexibility index (Phi) is 4.39. The van der Waals surface area contributed by atoms with E-state index in [1.807, 2.05) is 6.20 Å². The third-order valence-corrected chi connectivity index (χ3v) is 3.37. The molecule has 0 radical (unpaired) electrons. The lowest BCUT2D eigenvalue weighted by Crippen LogP contribution is -2.28. The second kappa shape index (κ2) is 6.03. The average Bonchev–Trinajstić information content (AvgIpc) is 3.21. The van der Waals surface area contributed by atoms with Crippen LogP contribution < -0.4 is 10.6 Å². The van der Waals surface area contributed by atoms with E-state index in [0.717, 1.165) is 29.7 Å². The van der Waals surface area contributed by atoms with Gasteiger partial charge in [-0.15, -0.1) is 6.42 Å². The average molecular weight is 258 g/mol. The fourth-order valence-corrected chi connectivity index (χ4v) is 2.09. The fraction of sp³-hybridized carbons (Fsp3) is 0.600. The third-order valence-electron chi connectivity index (χ3n) is 3.37. The van der Waals surface area contributed by atoms with E-state index in [1.54, 1.807) is 0 Å². The minimum atomic E-state index is 0.309. The standard InChI is InChI=1S/C15H22N4/c1-4-7-19(10-12-5-6-12)14-9-17-15(11(2)3)18-13(14)8-16/h1,9,11-12H,5-8,10,16H2,2-3H3. The molecule has 4 heteroatoms. The lowest BCUT2D eigenvalue weighted by molar-refractivity contribution is 0.726. The number of hydrogen-bond donors (Lipinski definition) is 1. The molecule has 0 amide bonds. The fourth-order valence-electron chi connectivity index (χ4n) is 2.09. The van der Waals surface area contributed by atoms with Crippen LogP contribution >= 0.6 is 0 Å². The van der Waals surface area contributed by atoms with Crippen LogP contribution in [0.2, 0.25) is 0 Å². The largest absolute Gasteiger partial charge is 0.357 e. The number of aromatic nitrogens is 2. The minimum Gasteiger partial charge on any atom is -0.357 e. The van der Waals surface area contributed by atoms with Crippen molar-refractivity contribution in [1.29, 1.82) is 0 Å². The summed E-state index contributed by atoms with van der Waals surface area (Å²) in [5.74, 6) is 4.64. The predicted molar refractivity (Wildman–Crippen MR) is 77.8 cm³/mol. The quantitative estimate of drug-likeness (QED) is 0.792. The highest BCUT2D eigenvalue weighted by Gasteiger charge is 2.25. The molecule has 2 N–H and O–H groups in total. The summed E-state index contributed by atoms with van der Waals surface area (Å²) < 4.78 is 0. The van der Waals surface area contributed by atoms with Crippen molar-refractivity contribution in [2.75, 3.05) is 18.0 Å². The van der Waals surface area contributed by atoms with Gasteiger partial charge in [0.2, 0.25) is 0 Å². The second-order valence-electron chi connectivity index (χ2n) is 5.45. The van der Waals surface area contributed by atoms with Crippen molar-refractivity contribution in [3.8, 4) is 12.3 Å². The number of nitrogens with zero attached hydrogens (tertiary/aromatic N) is 3. The number of anilines is 1. The van der Waals surface area contributed by atoms with Gasteiger partial charge in [-0.2, -0.15) is 0 Å². The first-order chi connectivity index (χ1) is 9.15.